The number of anilines is 1. The molecule has 0 aliphatic heterocycles. The summed E-state index contributed by atoms with van der Waals surface area (Å²) in [5.41, 5.74) is 0.897. The zero-order valence-corrected chi connectivity index (χ0v) is 18.8. The molecule has 33 heavy (non-hydrogen) atoms. The molecule has 1 aliphatic carbocycles. The average Bonchev–Trinajstić information content (AvgIpc) is 3.31. The van der Waals surface area contributed by atoms with Gasteiger partial charge < -0.3 is 10.1 Å². The summed E-state index contributed by atoms with van der Waals surface area (Å²) in [6, 6.07) is 5.11. The van der Waals surface area contributed by atoms with E-state index in [4.69, 9.17) is 4.74 Å². The topological polar surface area (TPSA) is 91.0 Å². The molecule has 1 fully saturated rings. The summed E-state index contributed by atoms with van der Waals surface area (Å²) in [6.45, 7) is 6.93. The number of halogens is 2. The highest BCUT2D eigenvalue weighted by molar-refractivity contribution is 5.96. The molecule has 1 N–H and O–H groups in total. The van der Waals surface area contributed by atoms with Gasteiger partial charge in [0.05, 0.1) is 23.5 Å². The molecular formula is C23H25F2N5O3. The van der Waals surface area contributed by atoms with Crippen molar-refractivity contribution in [1.82, 2.24) is 19.6 Å². The summed E-state index contributed by atoms with van der Waals surface area (Å²) in [5, 5.41) is 11.2. The Hall–Kier alpha value is -3.56. The van der Waals surface area contributed by atoms with Crippen LogP contribution in [0.25, 0.3) is 5.69 Å². The van der Waals surface area contributed by atoms with E-state index >= 15 is 0 Å². The second-order valence-electron chi connectivity index (χ2n) is 9.15. The van der Waals surface area contributed by atoms with Crippen LogP contribution in [0.1, 0.15) is 63.6 Å². The minimum absolute atomic E-state index is 0.232. The van der Waals surface area contributed by atoms with E-state index in [1.165, 1.54) is 16.9 Å². The molecule has 1 amide bonds. The van der Waals surface area contributed by atoms with Gasteiger partial charge >= 0.3 is 6.09 Å². The maximum atomic E-state index is 13.5. The number of ether oxygens (including phenoxy) is 1. The fraction of sp³-hybridized carbons (Fsp3) is 0.391. The molecule has 0 spiro atoms. The molecule has 2 heterocycles. The van der Waals surface area contributed by atoms with E-state index in [9.17, 15) is 18.4 Å². The number of carbonyl (C=O) groups excluding carboxylic acids is 2. The lowest BCUT2D eigenvalue weighted by atomic mass is 10.0. The third kappa shape index (κ3) is 5.10. The SMILES string of the molecule is CC(C(=O)Nc1cc(C2CC2)nn1C(=O)OC(C)(C)C)c1cnn(-c2ccc(F)c(F)c2)c1. The van der Waals surface area contributed by atoms with E-state index in [0.717, 1.165) is 35.4 Å². The first-order valence-corrected chi connectivity index (χ1v) is 10.7. The maximum absolute atomic E-state index is 13.5. The van der Waals surface area contributed by atoms with Crippen LogP contribution in [-0.4, -0.2) is 37.2 Å². The second kappa shape index (κ2) is 8.42. The number of nitrogens with one attached hydrogen (secondary N) is 1. The number of nitrogens with zero attached hydrogens (tertiary/aromatic N) is 4. The highest BCUT2D eigenvalue weighted by atomic mass is 19.2. The van der Waals surface area contributed by atoms with Crippen molar-refractivity contribution in [3.8, 4) is 5.69 Å². The number of carbonyl (C=O) groups is 2. The number of hydrogen-bond acceptors (Lipinski definition) is 5. The smallest absolute Gasteiger partial charge is 0.437 e. The first kappa shape index (κ1) is 22.6. The number of rotatable bonds is 5. The van der Waals surface area contributed by atoms with Crippen molar-refractivity contribution in [2.45, 2.75) is 58.0 Å². The van der Waals surface area contributed by atoms with E-state index in [-0.39, 0.29) is 17.6 Å². The molecule has 8 nitrogen and oxygen atoms in total. The molecule has 1 atom stereocenters. The fourth-order valence-corrected chi connectivity index (χ4v) is 3.23. The Labute approximate surface area is 189 Å². The lowest BCUT2D eigenvalue weighted by Gasteiger charge is -2.20. The number of aromatic nitrogens is 4. The average molecular weight is 457 g/mol. The molecule has 0 saturated heterocycles. The molecule has 1 aromatic carbocycles. The van der Waals surface area contributed by atoms with Gasteiger partial charge in [-0.2, -0.15) is 10.2 Å². The first-order valence-electron chi connectivity index (χ1n) is 10.7. The third-order valence-electron chi connectivity index (χ3n) is 5.21. The van der Waals surface area contributed by atoms with Crippen molar-refractivity contribution >= 4 is 17.8 Å². The van der Waals surface area contributed by atoms with Crippen LogP contribution < -0.4 is 5.32 Å². The number of amides is 1. The predicted octanol–water partition coefficient (Wildman–Crippen LogP) is 4.75. The van der Waals surface area contributed by atoms with Gasteiger partial charge in [-0.25, -0.2) is 18.3 Å². The number of benzene rings is 1. The fourth-order valence-electron chi connectivity index (χ4n) is 3.23. The normalized spacial score (nSPS) is 14.7. The summed E-state index contributed by atoms with van der Waals surface area (Å²) in [7, 11) is 0. The van der Waals surface area contributed by atoms with Crippen LogP contribution in [0.4, 0.5) is 19.4 Å². The van der Waals surface area contributed by atoms with Gasteiger partial charge in [-0.05, 0) is 52.7 Å². The van der Waals surface area contributed by atoms with Gasteiger partial charge in [0, 0.05) is 29.8 Å². The quantitative estimate of drug-likeness (QED) is 0.597. The van der Waals surface area contributed by atoms with Crippen molar-refractivity contribution in [3.63, 3.8) is 0 Å². The summed E-state index contributed by atoms with van der Waals surface area (Å²) in [5.74, 6) is -2.46. The molecular weight excluding hydrogens is 432 g/mol. The molecule has 10 heteroatoms. The Balaban J connectivity index is 1.53. The van der Waals surface area contributed by atoms with Crippen molar-refractivity contribution < 1.29 is 23.1 Å². The molecule has 3 aromatic rings. The van der Waals surface area contributed by atoms with E-state index in [1.807, 2.05) is 0 Å². The van der Waals surface area contributed by atoms with Gasteiger partial charge in [-0.3, -0.25) is 4.79 Å². The summed E-state index contributed by atoms with van der Waals surface area (Å²) in [4.78, 5) is 25.6. The van der Waals surface area contributed by atoms with Crippen LogP contribution >= 0.6 is 0 Å². The Morgan fingerprint density at radius 2 is 1.91 bits per heavy atom. The summed E-state index contributed by atoms with van der Waals surface area (Å²) < 4.78 is 34.6. The van der Waals surface area contributed by atoms with Gasteiger partial charge in [0.1, 0.15) is 11.4 Å². The highest BCUT2D eigenvalue weighted by Gasteiger charge is 2.31. The van der Waals surface area contributed by atoms with Gasteiger partial charge in [0.25, 0.3) is 0 Å². The summed E-state index contributed by atoms with van der Waals surface area (Å²) >= 11 is 0. The van der Waals surface area contributed by atoms with Crippen molar-refractivity contribution in [3.05, 3.63) is 59.6 Å². The Kier molecular flexibility index (Phi) is 5.77. The van der Waals surface area contributed by atoms with Crippen molar-refractivity contribution in [2.75, 3.05) is 5.32 Å². The Bertz CT molecular complexity index is 1210. The lowest BCUT2D eigenvalue weighted by molar-refractivity contribution is -0.117. The lowest BCUT2D eigenvalue weighted by Crippen LogP contribution is -2.29. The van der Waals surface area contributed by atoms with Gasteiger partial charge in [0.2, 0.25) is 5.91 Å². The molecule has 1 saturated carbocycles. The minimum atomic E-state index is -0.989. The van der Waals surface area contributed by atoms with Crippen LogP contribution in [0.15, 0.2) is 36.7 Å². The van der Waals surface area contributed by atoms with Crippen LogP contribution in [0.2, 0.25) is 0 Å². The minimum Gasteiger partial charge on any atom is -0.442 e. The Morgan fingerprint density at radius 1 is 1.18 bits per heavy atom. The summed E-state index contributed by atoms with van der Waals surface area (Å²) in [6.07, 6.45) is 4.34. The van der Waals surface area contributed by atoms with Gasteiger partial charge in [-0.1, -0.05) is 0 Å². The monoisotopic (exact) mass is 457 g/mol. The van der Waals surface area contributed by atoms with E-state index in [0.29, 0.717) is 11.3 Å². The van der Waals surface area contributed by atoms with E-state index in [2.05, 4.69) is 15.5 Å². The van der Waals surface area contributed by atoms with Crippen LogP contribution in [0.3, 0.4) is 0 Å². The van der Waals surface area contributed by atoms with Gasteiger partial charge in [0.15, 0.2) is 11.6 Å². The molecule has 2 aromatic heterocycles. The van der Waals surface area contributed by atoms with E-state index < -0.39 is 29.2 Å². The van der Waals surface area contributed by atoms with Crippen LogP contribution in [0.5, 0.6) is 0 Å². The van der Waals surface area contributed by atoms with Crippen molar-refractivity contribution in [2.24, 2.45) is 0 Å². The van der Waals surface area contributed by atoms with Crippen LogP contribution in [0, 0.1) is 11.6 Å². The molecule has 0 bridgehead atoms. The standard InChI is InChI=1S/C23H25F2N5O3/c1-13(15-11-26-29(12-15)16-7-8-17(24)18(25)9-16)21(31)27-20-10-19(14-5-6-14)28-30(20)22(32)33-23(2,3)4/h7-14H,5-6H2,1-4H3,(H,27,31). The predicted molar refractivity (Wildman–Crippen MR) is 116 cm³/mol. The highest BCUT2D eigenvalue weighted by Crippen LogP contribution is 2.40. The number of hydrogen-bond donors (Lipinski definition) is 1. The van der Waals surface area contributed by atoms with E-state index in [1.54, 1.807) is 40.0 Å². The van der Waals surface area contributed by atoms with Crippen LogP contribution in [-0.2, 0) is 9.53 Å². The molecule has 4 rings (SSSR count). The molecule has 0 radical (unpaired) electrons. The largest absolute Gasteiger partial charge is 0.442 e. The molecule has 174 valence electrons. The van der Waals surface area contributed by atoms with Gasteiger partial charge in [-0.15, -0.1) is 4.68 Å². The first-order chi connectivity index (χ1) is 15.5. The van der Waals surface area contributed by atoms with Crippen molar-refractivity contribution in [1.29, 1.82) is 0 Å². The second-order valence-corrected chi connectivity index (χ2v) is 9.15. The maximum Gasteiger partial charge on any atom is 0.437 e. The zero-order valence-electron chi connectivity index (χ0n) is 18.8. The Morgan fingerprint density at radius 3 is 2.55 bits per heavy atom. The molecule has 1 unspecified atom stereocenters. The molecule has 1 aliphatic rings. The zero-order chi connectivity index (χ0) is 23.9. The third-order valence-corrected chi connectivity index (χ3v) is 5.21.